The van der Waals surface area contributed by atoms with E-state index in [9.17, 15) is 9.59 Å². The summed E-state index contributed by atoms with van der Waals surface area (Å²) >= 11 is 0. The van der Waals surface area contributed by atoms with Crippen LogP contribution >= 0.6 is 0 Å². The first kappa shape index (κ1) is 22.9. The number of methoxy groups -OCH3 is 2. The molecule has 0 saturated heterocycles. The molecule has 7 nitrogen and oxygen atoms in total. The maximum atomic E-state index is 13.4. The van der Waals surface area contributed by atoms with Crippen molar-refractivity contribution in [3.05, 3.63) is 88.3 Å². The Morgan fingerprint density at radius 1 is 0.853 bits per heavy atom. The number of carbonyl (C=O) groups excluding carboxylic acids is 1. The molecule has 7 heteroatoms. The fourth-order valence-corrected chi connectivity index (χ4v) is 3.51. The zero-order chi connectivity index (χ0) is 24.1. The van der Waals surface area contributed by atoms with Crippen LogP contribution in [0.2, 0.25) is 0 Å². The summed E-state index contributed by atoms with van der Waals surface area (Å²) in [5.74, 6) is 1.02. The molecule has 0 fully saturated rings. The van der Waals surface area contributed by atoms with Crippen molar-refractivity contribution in [1.29, 1.82) is 0 Å². The maximum Gasteiger partial charge on any atom is 0.375 e. The van der Waals surface area contributed by atoms with Gasteiger partial charge in [0.2, 0.25) is 11.2 Å². The molecule has 0 saturated carbocycles. The second-order valence-corrected chi connectivity index (χ2v) is 7.38. The van der Waals surface area contributed by atoms with Gasteiger partial charge in [0.25, 0.3) is 0 Å². The summed E-state index contributed by atoms with van der Waals surface area (Å²) in [6, 6.07) is 19.3. The molecule has 0 spiro atoms. The lowest BCUT2D eigenvalue weighted by Crippen LogP contribution is -2.15. The van der Waals surface area contributed by atoms with Crippen LogP contribution in [0.4, 0.5) is 0 Å². The predicted octanol–water partition coefficient (Wildman–Crippen LogP) is 5.23. The van der Waals surface area contributed by atoms with Crippen LogP contribution in [-0.2, 0) is 11.3 Å². The number of fused-ring (bicyclic) bond motifs is 1. The van der Waals surface area contributed by atoms with E-state index in [1.165, 1.54) is 0 Å². The van der Waals surface area contributed by atoms with E-state index in [2.05, 4.69) is 0 Å². The van der Waals surface area contributed by atoms with Crippen molar-refractivity contribution in [3.63, 3.8) is 0 Å². The van der Waals surface area contributed by atoms with Crippen LogP contribution in [0.3, 0.4) is 0 Å². The first-order chi connectivity index (χ1) is 16.5. The monoisotopic (exact) mass is 460 g/mol. The maximum absolute atomic E-state index is 13.4. The molecule has 0 aliphatic heterocycles. The number of hydrogen-bond donors (Lipinski definition) is 0. The van der Waals surface area contributed by atoms with Crippen LogP contribution in [0.15, 0.2) is 75.9 Å². The molecule has 0 unspecified atom stereocenters. The van der Waals surface area contributed by atoms with Crippen molar-refractivity contribution in [2.45, 2.75) is 13.5 Å². The summed E-state index contributed by atoms with van der Waals surface area (Å²) in [5.41, 5.74) is 1.51. The smallest absolute Gasteiger partial charge is 0.375 e. The standard InChI is InChI=1S/C27H24O7/c1-4-32-27(29)26-24(18-7-11-20(31-3)12-8-18)25(28)22-14-13-21(15-23(22)34-26)33-16-17-5-9-19(30-2)10-6-17/h5-15H,4,16H2,1-3H3. The third-order valence-corrected chi connectivity index (χ3v) is 5.27. The first-order valence-electron chi connectivity index (χ1n) is 10.7. The third kappa shape index (κ3) is 4.73. The third-order valence-electron chi connectivity index (χ3n) is 5.27. The van der Waals surface area contributed by atoms with Crippen LogP contribution in [-0.4, -0.2) is 26.8 Å². The highest BCUT2D eigenvalue weighted by atomic mass is 16.5. The summed E-state index contributed by atoms with van der Waals surface area (Å²) < 4.78 is 27.3. The molecule has 3 aromatic carbocycles. The van der Waals surface area contributed by atoms with Crippen molar-refractivity contribution in [1.82, 2.24) is 0 Å². The molecular formula is C27H24O7. The zero-order valence-electron chi connectivity index (χ0n) is 19.1. The van der Waals surface area contributed by atoms with E-state index in [1.54, 1.807) is 63.6 Å². The van der Waals surface area contributed by atoms with Gasteiger partial charge in [0, 0.05) is 6.07 Å². The summed E-state index contributed by atoms with van der Waals surface area (Å²) in [6.07, 6.45) is 0. The molecule has 0 radical (unpaired) electrons. The van der Waals surface area contributed by atoms with Crippen LogP contribution in [0, 0.1) is 0 Å². The van der Waals surface area contributed by atoms with E-state index >= 15 is 0 Å². The Labute approximate surface area is 196 Å². The molecule has 34 heavy (non-hydrogen) atoms. The van der Waals surface area contributed by atoms with Gasteiger partial charge in [0.05, 0.1) is 31.8 Å². The average molecular weight is 460 g/mol. The van der Waals surface area contributed by atoms with E-state index in [1.807, 2.05) is 24.3 Å². The summed E-state index contributed by atoms with van der Waals surface area (Å²) in [7, 11) is 3.16. The highest BCUT2D eigenvalue weighted by molar-refractivity contribution is 5.97. The van der Waals surface area contributed by atoms with Crippen molar-refractivity contribution < 1.29 is 28.2 Å². The largest absolute Gasteiger partial charge is 0.497 e. The Hall–Kier alpha value is -4.26. The van der Waals surface area contributed by atoms with Gasteiger partial charge in [0.15, 0.2) is 0 Å². The molecule has 0 aliphatic carbocycles. The SMILES string of the molecule is CCOC(=O)c1oc2cc(OCc3ccc(OC)cc3)ccc2c(=O)c1-c1ccc(OC)cc1. The molecular weight excluding hydrogens is 436 g/mol. The van der Waals surface area contributed by atoms with Crippen LogP contribution < -0.4 is 19.6 Å². The second-order valence-electron chi connectivity index (χ2n) is 7.38. The van der Waals surface area contributed by atoms with Gasteiger partial charge in [-0.05, 0) is 54.4 Å². The lowest BCUT2D eigenvalue weighted by atomic mass is 10.0. The van der Waals surface area contributed by atoms with Crippen LogP contribution in [0.5, 0.6) is 17.2 Å². The number of ether oxygens (including phenoxy) is 4. The minimum absolute atomic E-state index is 0.139. The van der Waals surface area contributed by atoms with Crippen molar-refractivity contribution >= 4 is 16.9 Å². The van der Waals surface area contributed by atoms with Crippen LogP contribution in [0.25, 0.3) is 22.1 Å². The lowest BCUT2D eigenvalue weighted by molar-refractivity contribution is 0.0492. The summed E-state index contributed by atoms with van der Waals surface area (Å²) in [5, 5.41) is 0.329. The van der Waals surface area contributed by atoms with Gasteiger partial charge >= 0.3 is 5.97 Å². The van der Waals surface area contributed by atoms with Crippen molar-refractivity contribution in [2.24, 2.45) is 0 Å². The van der Waals surface area contributed by atoms with Gasteiger partial charge in [-0.2, -0.15) is 0 Å². The molecule has 0 N–H and O–H groups in total. The number of esters is 1. The Kier molecular flexibility index (Phi) is 6.82. The Morgan fingerprint density at radius 2 is 1.47 bits per heavy atom. The van der Waals surface area contributed by atoms with Gasteiger partial charge in [0.1, 0.15) is 29.4 Å². The lowest BCUT2D eigenvalue weighted by Gasteiger charge is -2.11. The van der Waals surface area contributed by atoms with Crippen molar-refractivity contribution in [3.8, 4) is 28.4 Å². The quantitative estimate of drug-likeness (QED) is 0.333. The van der Waals surface area contributed by atoms with Gasteiger partial charge in [-0.1, -0.05) is 24.3 Å². The number of benzene rings is 3. The van der Waals surface area contributed by atoms with E-state index in [0.717, 1.165) is 11.3 Å². The Morgan fingerprint density at radius 3 is 2.09 bits per heavy atom. The van der Waals surface area contributed by atoms with Gasteiger partial charge in [-0.25, -0.2) is 4.79 Å². The minimum Gasteiger partial charge on any atom is -0.497 e. The molecule has 4 rings (SSSR count). The average Bonchev–Trinajstić information content (AvgIpc) is 2.87. The molecule has 1 aromatic heterocycles. The fraction of sp³-hybridized carbons (Fsp3) is 0.185. The number of hydrogen-bond acceptors (Lipinski definition) is 7. The summed E-state index contributed by atoms with van der Waals surface area (Å²) in [6.45, 7) is 2.15. The van der Waals surface area contributed by atoms with E-state index in [4.69, 9.17) is 23.4 Å². The zero-order valence-corrected chi connectivity index (χ0v) is 19.1. The molecule has 0 atom stereocenters. The fourth-order valence-electron chi connectivity index (χ4n) is 3.51. The van der Waals surface area contributed by atoms with Crippen LogP contribution in [0.1, 0.15) is 23.0 Å². The molecule has 174 valence electrons. The Bertz CT molecular complexity index is 1350. The van der Waals surface area contributed by atoms with Gasteiger partial charge in [-0.3, -0.25) is 4.79 Å². The van der Waals surface area contributed by atoms with E-state index < -0.39 is 5.97 Å². The number of carbonyl (C=O) groups is 1. The molecule has 0 aliphatic rings. The topological polar surface area (TPSA) is 84.2 Å². The molecule has 4 aromatic rings. The highest BCUT2D eigenvalue weighted by Crippen LogP contribution is 2.29. The normalized spacial score (nSPS) is 10.7. The van der Waals surface area contributed by atoms with Crippen molar-refractivity contribution in [2.75, 3.05) is 20.8 Å². The summed E-state index contributed by atoms with van der Waals surface area (Å²) in [4.78, 5) is 26.1. The van der Waals surface area contributed by atoms with Gasteiger partial charge < -0.3 is 23.4 Å². The molecule has 0 bridgehead atoms. The van der Waals surface area contributed by atoms with E-state index in [-0.39, 0.29) is 28.9 Å². The minimum atomic E-state index is -0.711. The van der Waals surface area contributed by atoms with Gasteiger partial charge in [-0.15, -0.1) is 0 Å². The van der Waals surface area contributed by atoms with E-state index in [0.29, 0.717) is 29.1 Å². The Balaban J connectivity index is 1.73. The highest BCUT2D eigenvalue weighted by Gasteiger charge is 2.23. The second kappa shape index (κ2) is 10.1. The first-order valence-corrected chi connectivity index (χ1v) is 10.7. The molecule has 0 amide bonds. The number of rotatable bonds is 8. The predicted molar refractivity (Wildman–Crippen MR) is 128 cm³/mol. The molecule has 1 heterocycles.